The number of fused-ring (bicyclic) bond motifs is 1. The maximum absolute atomic E-state index is 13.3. The number of aromatic amines is 1. The van der Waals surface area contributed by atoms with E-state index in [1.807, 2.05) is 36.4 Å². The molecule has 9 heteroatoms. The zero-order chi connectivity index (χ0) is 24.8. The first-order valence-electron chi connectivity index (χ1n) is 11.1. The van der Waals surface area contributed by atoms with Gasteiger partial charge in [0.25, 0.3) is 5.91 Å². The highest BCUT2D eigenvalue weighted by atomic mass is 16.5. The molecule has 0 saturated carbocycles. The maximum Gasteiger partial charge on any atom is 0.252 e. The van der Waals surface area contributed by atoms with Crippen molar-refractivity contribution in [2.24, 2.45) is 0 Å². The molecule has 0 aliphatic rings. The topological polar surface area (TPSA) is 108 Å². The van der Waals surface area contributed by atoms with Gasteiger partial charge in [-0.2, -0.15) is 5.10 Å². The lowest BCUT2D eigenvalue weighted by molar-refractivity contribution is 0.0950. The second-order valence-electron chi connectivity index (χ2n) is 7.75. The van der Waals surface area contributed by atoms with Crippen LogP contribution in [0.5, 0.6) is 17.2 Å². The SMILES string of the molecule is COCCCNC(=O)c1cc(-c2ccc(OC)c(OC)c2)nc2n[nH]c(-c3ccc(OC)cc3)c12. The third kappa shape index (κ3) is 5.04. The minimum Gasteiger partial charge on any atom is -0.497 e. The summed E-state index contributed by atoms with van der Waals surface area (Å²) in [5.74, 6) is 1.70. The van der Waals surface area contributed by atoms with Gasteiger partial charge >= 0.3 is 0 Å². The number of aromatic nitrogens is 3. The van der Waals surface area contributed by atoms with Crippen LogP contribution < -0.4 is 19.5 Å². The van der Waals surface area contributed by atoms with Crippen LogP contribution in [0.25, 0.3) is 33.5 Å². The van der Waals surface area contributed by atoms with E-state index in [1.165, 1.54) is 0 Å². The van der Waals surface area contributed by atoms with E-state index in [0.717, 1.165) is 16.9 Å². The average Bonchev–Trinajstić information content (AvgIpc) is 3.34. The predicted octanol–water partition coefficient (Wildman–Crippen LogP) is 4.08. The molecule has 4 rings (SSSR count). The lowest BCUT2D eigenvalue weighted by atomic mass is 10.0. The van der Waals surface area contributed by atoms with Crippen molar-refractivity contribution in [3.05, 3.63) is 54.1 Å². The van der Waals surface area contributed by atoms with Gasteiger partial charge in [0.15, 0.2) is 17.1 Å². The van der Waals surface area contributed by atoms with E-state index in [2.05, 4.69) is 15.5 Å². The van der Waals surface area contributed by atoms with Crippen molar-refractivity contribution >= 4 is 16.9 Å². The average molecular weight is 477 g/mol. The molecule has 2 aromatic carbocycles. The molecular weight excluding hydrogens is 448 g/mol. The first kappa shape index (κ1) is 24.0. The van der Waals surface area contributed by atoms with Crippen molar-refractivity contribution in [2.45, 2.75) is 6.42 Å². The van der Waals surface area contributed by atoms with E-state index in [0.29, 0.717) is 59.1 Å². The fourth-order valence-electron chi connectivity index (χ4n) is 3.83. The Morgan fingerprint density at radius 3 is 2.34 bits per heavy atom. The molecule has 2 heterocycles. The van der Waals surface area contributed by atoms with Crippen molar-refractivity contribution in [3.8, 4) is 39.8 Å². The molecule has 4 aromatic rings. The Balaban J connectivity index is 1.83. The molecule has 35 heavy (non-hydrogen) atoms. The number of carbonyl (C=O) groups excluding carboxylic acids is 1. The number of ether oxygens (including phenoxy) is 4. The number of nitrogens with one attached hydrogen (secondary N) is 2. The number of nitrogens with zero attached hydrogens (tertiary/aromatic N) is 2. The van der Waals surface area contributed by atoms with Crippen LogP contribution in [-0.4, -0.2) is 62.7 Å². The third-order valence-corrected chi connectivity index (χ3v) is 5.64. The molecule has 0 unspecified atom stereocenters. The molecule has 0 aliphatic carbocycles. The van der Waals surface area contributed by atoms with Crippen LogP contribution >= 0.6 is 0 Å². The van der Waals surface area contributed by atoms with Gasteiger partial charge in [-0.15, -0.1) is 0 Å². The number of hydrogen-bond acceptors (Lipinski definition) is 7. The van der Waals surface area contributed by atoms with Crippen LogP contribution in [-0.2, 0) is 4.74 Å². The second-order valence-corrected chi connectivity index (χ2v) is 7.75. The Morgan fingerprint density at radius 1 is 0.914 bits per heavy atom. The fraction of sp³-hybridized carbons (Fsp3) is 0.269. The van der Waals surface area contributed by atoms with Crippen molar-refractivity contribution in [2.75, 3.05) is 41.6 Å². The summed E-state index contributed by atoms with van der Waals surface area (Å²) in [6.07, 6.45) is 0.704. The van der Waals surface area contributed by atoms with Crippen LogP contribution in [0, 0.1) is 0 Å². The normalized spacial score (nSPS) is 10.9. The summed E-state index contributed by atoms with van der Waals surface area (Å²) in [4.78, 5) is 18.1. The molecular formula is C26H28N4O5. The summed E-state index contributed by atoms with van der Waals surface area (Å²) in [7, 11) is 6.41. The predicted molar refractivity (Wildman–Crippen MR) is 133 cm³/mol. The second kappa shape index (κ2) is 10.9. The highest BCUT2D eigenvalue weighted by Gasteiger charge is 2.21. The highest BCUT2D eigenvalue weighted by Crippen LogP contribution is 2.35. The molecule has 2 N–H and O–H groups in total. The monoisotopic (exact) mass is 476 g/mol. The van der Waals surface area contributed by atoms with Gasteiger partial charge in [-0.05, 0) is 55.0 Å². The smallest absolute Gasteiger partial charge is 0.252 e. The number of H-pyrrole nitrogens is 1. The minimum atomic E-state index is -0.216. The first-order valence-corrected chi connectivity index (χ1v) is 11.1. The molecule has 2 aromatic heterocycles. The Hall–Kier alpha value is -4.11. The Labute approximate surface area is 203 Å². The van der Waals surface area contributed by atoms with E-state index >= 15 is 0 Å². The maximum atomic E-state index is 13.3. The number of carbonyl (C=O) groups is 1. The van der Waals surface area contributed by atoms with Gasteiger partial charge in [0.2, 0.25) is 0 Å². The van der Waals surface area contributed by atoms with Crippen molar-refractivity contribution in [1.82, 2.24) is 20.5 Å². The molecule has 0 radical (unpaired) electrons. The van der Waals surface area contributed by atoms with E-state index in [1.54, 1.807) is 40.6 Å². The van der Waals surface area contributed by atoms with Gasteiger partial charge in [-0.1, -0.05) is 0 Å². The summed E-state index contributed by atoms with van der Waals surface area (Å²) in [6.45, 7) is 1.05. The van der Waals surface area contributed by atoms with Crippen LogP contribution in [0.1, 0.15) is 16.8 Å². The molecule has 9 nitrogen and oxygen atoms in total. The standard InChI is InChI=1S/C26H28N4O5/c1-32-13-5-12-27-26(31)19-15-20(17-8-11-21(34-3)22(14-17)35-4)28-25-23(19)24(29-30-25)16-6-9-18(33-2)10-7-16/h6-11,14-15H,5,12-13H2,1-4H3,(H,27,31)(H,28,29,30). The van der Waals surface area contributed by atoms with Crippen molar-refractivity contribution in [3.63, 3.8) is 0 Å². The summed E-state index contributed by atoms with van der Waals surface area (Å²) >= 11 is 0. The van der Waals surface area contributed by atoms with Gasteiger partial charge in [0.05, 0.1) is 43.7 Å². The molecule has 0 spiro atoms. The number of amides is 1. The Bertz CT molecular complexity index is 1320. The summed E-state index contributed by atoms with van der Waals surface area (Å²) in [6, 6.07) is 14.8. The summed E-state index contributed by atoms with van der Waals surface area (Å²) in [5.41, 5.74) is 3.83. The minimum absolute atomic E-state index is 0.216. The van der Waals surface area contributed by atoms with Gasteiger partial charge in [0, 0.05) is 31.4 Å². The van der Waals surface area contributed by atoms with E-state index in [9.17, 15) is 4.79 Å². The third-order valence-electron chi connectivity index (χ3n) is 5.64. The highest BCUT2D eigenvalue weighted by molar-refractivity contribution is 6.11. The van der Waals surface area contributed by atoms with Crippen LogP contribution in [0.3, 0.4) is 0 Å². The largest absolute Gasteiger partial charge is 0.497 e. The van der Waals surface area contributed by atoms with Crippen LogP contribution in [0.2, 0.25) is 0 Å². The van der Waals surface area contributed by atoms with E-state index in [-0.39, 0.29) is 5.91 Å². The molecule has 182 valence electrons. The van der Waals surface area contributed by atoms with Gasteiger partial charge in [-0.3, -0.25) is 9.89 Å². The van der Waals surface area contributed by atoms with Crippen molar-refractivity contribution < 1.29 is 23.7 Å². The number of benzene rings is 2. The van der Waals surface area contributed by atoms with E-state index < -0.39 is 0 Å². The number of methoxy groups -OCH3 is 4. The molecule has 0 bridgehead atoms. The Kier molecular flexibility index (Phi) is 7.47. The zero-order valence-corrected chi connectivity index (χ0v) is 20.2. The number of hydrogen-bond donors (Lipinski definition) is 2. The number of rotatable bonds is 10. The quantitative estimate of drug-likeness (QED) is 0.332. The zero-order valence-electron chi connectivity index (χ0n) is 20.2. The van der Waals surface area contributed by atoms with Crippen molar-refractivity contribution in [1.29, 1.82) is 0 Å². The van der Waals surface area contributed by atoms with Gasteiger partial charge in [-0.25, -0.2) is 4.98 Å². The summed E-state index contributed by atoms with van der Waals surface area (Å²) < 4.78 is 21.2. The molecule has 1 amide bonds. The molecule has 0 fully saturated rings. The first-order chi connectivity index (χ1) is 17.1. The van der Waals surface area contributed by atoms with Gasteiger partial charge in [0.1, 0.15) is 5.75 Å². The van der Waals surface area contributed by atoms with Crippen LogP contribution in [0.4, 0.5) is 0 Å². The molecule has 0 atom stereocenters. The molecule has 0 aliphatic heterocycles. The molecule has 0 saturated heterocycles. The summed E-state index contributed by atoms with van der Waals surface area (Å²) in [5, 5.41) is 11.1. The van der Waals surface area contributed by atoms with E-state index in [4.69, 9.17) is 23.9 Å². The fourth-order valence-corrected chi connectivity index (χ4v) is 3.83. The number of pyridine rings is 1. The van der Waals surface area contributed by atoms with Crippen LogP contribution in [0.15, 0.2) is 48.5 Å². The lowest BCUT2D eigenvalue weighted by Gasteiger charge is -2.12. The lowest BCUT2D eigenvalue weighted by Crippen LogP contribution is -2.25. The Morgan fingerprint density at radius 2 is 1.66 bits per heavy atom. The van der Waals surface area contributed by atoms with Gasteiger partial charge < -0.3 is 24.3 Å².